The van der Waals surface area contributed by atoms with Crippen LogP contribution in [0.3, 0.4) is 0 Å². The zero-order chi connectivity index (χ0) is 35.5. The molecule has 0 aliphatic carbocycles. The van der Waals surface area contributed by atoms with Crippen LogP contribution in [-0.2, 0) is 9.59 Å². The summed E-state index contributed by atoms with van der Waals surface area (Å²) in [4.78, 5) is 44.7. The number of carbonyl (C=O) groups excluding carboxylic acids is 3. The van der Waals surface area contributed by atoms with E-state index in [4.69, 9.17) is 18.9 Å². The van der Waals surface area contributed by atoms with Crippen LogP contribution < -0.4 is 34.9 Å². The topological polar surface area (TPSA) is 137 Å². The van der Waals surface area contributed by atoms with Crippen LogP contribution in [0.2, 0.25) is 0 Å². The highest BCUT2D eigenvalue weighted by molar-refractivity contribution is 8.00. The summed E-state index contributed by atoms with van der Waals surface area (Å²) in [6, 6.07) is 26.3. The van der Waals surface area contributed by atoms with E-state index in [0.717, 1.165) is 10.5 Å². The van der Waals surface area contributed by atoms with Gasteiger partial charge in [-0.3, -0.25) is 14.4 Å². The van der Waals surface area contributed by atoms with Crippen LogP contribution >= 0.6 is 23.1 Å². The Labute approximate surface area is 297 Å². The Hall–Kier alpha value is -5.79. The number of anilines is 2. The van der Waals surface area contributed by atoms with Crippen LogP contribution in [0.1, 0.15) is 15.9 Å². The Balaban J connectivity index is 1.24. The second-order valence-corrected chi connectivity index (χ2v) is 12.3. The van der Waals surface area contributed by atoms with Crippen LogP contribution in [0.5, 0.6) is 23.0 Å². The predicted molar refractivity (Wildman–Crippen MR) is 197 cm³/mol. The standard InChI is InChI=1S/C37H34N4O7S2/c1-45-30-15-13-23(18-32(30)47-3)17-28(39-35(43)24-9-6-5-7-10-24)36(44)38-26-11-8-12-27(20-26)49-22-34(42)41-37-40-29(21-50-37)25-14-16-31(46-2)33(19-25)48-4/h5-21H,22H2,1-4H3,(H,38,44)(H,39,43)(H,40,41,42)/b28-17+. The number of methoxy groups -OCH3 is 4. The molecule has 0 aliphatic heterocycles. The smallest absolute Gasteiger partial charge is 0.272 e. The first-order valence-corrected chi connectivity index (χ1v) is 17.0. The van der Waals surface area contributed by atoms with E-state index in [0.29, 0.717) is 50.6 Å². The van der Waals surface area contributed by atoms with Crippen molar-refractivity contribution in [3.63, 3.8) is 0 Å². The van der Waals surface area contributed by atoms with Crippen molar-refractivity contribution < 1.29 is 33.3 Å². The average molecular weight is 711 g/mol. The molecule has 0 spiro atoms. The second kappa shape index (κ2) is 17.0. The number of aromatic nitrogens is 1. The lowest BCUT2D eigenvalue weighted by Crippen LogP contribution is -2.30. The van der Waals surface area contributed by atoms with Gasteiger partial charge in [0.15, 0.2) is 28.1 Å². The SMILES string of the molecule is COc1ccc(/C=C(/NC(=O)c2ccccc2)C(=O)Nc2cccc(SCC(=O)Nc3nc(-c4ccc(OC)c(OC)c4)cs3)c2)cc1OC. The van der Waals surface area contributed by atoms with Gasteiger partial charge in [-0.15, -0.1) is 23.1 Å². The summed E-state index contributed by atoms with van der Waals surface area (Å²) in [7, 11) is 6.19. The predicted octanol–water partition coefficient (Wildman–Crippen LogP) is 6.98. The summed E-state index contributed by atoms with van der Waals surface area (Å²) < 4.78 is 21.4. The average Bonchev–Trinajstić information content (AvgIpc) is 3.62. The minimum absolute atomic E-state index is 0.0133. The Morgan fingerprint density at radius 2 is 1.46 bits per heavy atom. The summed E-state index contributed by atoms with van der Waals surface area (Å²) >= 11 is 2.62. The fraction of sp³-hybridized carbons (Fsp3) is 0.135. The van der Waals surface area contributed by atoms with Crippen molar-refractivity contribution in [1.82, 2.24) is 10.3 Å². The number of benzene rings is 4. The number of hydrogen-bond donors (Lipinski definition) is 3. The second-order valence-electron chi connectivity index (χ2n) is 10.4. The van der Waals surface area contributed by atoms with E-state index in [1.54, 1.807) is 93.1 Å². The minimum atomic E-state index is -0.544. The molecule has 0 saturated heterocycles. The highest BCUT2D eigenvalue weighted by atomic mass is 32.2. The molecule has 0 unspecified atom stereocenters. The van der Waals surface area contributed by atoms with Crippen molar-refractivity contribution in [1.29, 1.82) is 0 Å². The van der Waals surface area contributed by atoms with Gasteiger partial charge in [0.2, 0.25) is 5.91 Å². The van der Waals surface area contributed by atoms with Crippen LogP contribution in [-0.4, -0.2) is 56.9 Å². The molecule has 0 aliphatic rings. The molecular formula is C37H34N4O7S2. The van der Waals surface area contributed by atoms with E-state index in [1.165, 1.54) is 37.3 Å². The van der Waals surface area contributed by atoms with E-state index in [1.807, 2.05) is 23.6 Å². The Morgan fingerprint density at radius 1 is 0.760 bits per heavy atom. The molecule has 0 fully saturated rings. The maximum absolute atomic E-state index is 13.6. The molecular weight excluding hydrogens is 677 g/mol. The number of nitrogens with zero attached hydrogens (tertiary/aromatic N) is 1. The summed E-state index contributed by atoms with van der Waals surface area (Å²) in [5.41, 5.74) is 3.01. The lowest BCUT2D eigenvalue weighted by atomic mass is 10.1. The molecule has 4 aromatic carbocycles. The zero-order valence-electron chi connectivity index (χ0n) is 27.6. The molecule has 13 heteroatoms. The van der Waals surface area contributed by atoms with Gasteiger partial charge in [0, 0.05) is 27.1 Å². The molecule has 1 heterocycles. The first kappa shape index (κ1) is 35.5. The summed E-state index contributed by atoms with van der Waals surface area (Å²) in [5.74, 6) is 1.08. The van der Waals surface area contributed by atoms with Crippen LogP contribution in [0.4, 0.5) is 10.8 Å². The summed E-state index contributed by atoms with van der Waals surface area (Å²) in [5, 5.41) is 10.7. The molecule has 0 radical (unpaired) electrons. The molecule has 5 aromatic rings. The van der Waals surface area contributed by atoms with Gasteiger partial charge >= 0.3 is 0 Å². The molecule has 0 saturated carbocycles. The molecule has 50 heavy (non-hydrogen) atoms. The maximum Gasteiger partial charge on any atom is 0.272 e. The summed E-state index contributed by atoms with van der Waals surface area (Å²) in [6.07, 6.45) is 1.55. The molecule has 0 atom stereocenters. The van der Waals surface area contributed by atoms with Crippen LogP contribution in [0.15, 0.2) is 107 Å². The highest BCUT2D eigenvalue weighted by Gasteiger charge is 2.17. The largest absolute Gasteiger partial charge is 0.493 e. The molecule has 256 valence electrons. The zero-order valence-corrected chi connectivity index (χ0v) is 29.3. The number of nitrogens with one attached hydrogen (secondary N) is 3. The third-order valence-corrected chi connectivity index (χ3v) is 8.89. The third kappa shape index (κ3) is 9.21. The van der Waals surface area contributed by atoms with Gasteiger partial charge in [0.1, 0.15) is 5.70 Å². The van der Waals surface area contributed by atoms with Gasteiger partial charge in [-0.2, -0.15) is 0 Å². The first-order chi connectivity index (χ1) is 24.3. The Morgan fingerprint density at radius 3 is 2.18 bits per heavy atom. The van der Waals surface area contributed by atoms with Gasteiger partial charge in [0.25, 0.3) is 11.8 Å². The number of carbonyl (C=O) groups is 3. The number of amides is 3. The first-order valence-electron chi connectivity index (χ1n) is 15.1. The molecule has 3 amide bonds. The lowest BCUT2D eigenvalue weighted by molar-refractivity contribution is -0.114. The van der Waals surface area contributed by atoms with Crippen molar-refractivity contribution in [2.24, 2.45) is 0 Å². The van der Waals surface area contributed by atoms with E-state index in [2.05, 4.69) is 20.9 Å². The van der Waals surface area contributed by atoms with Crippen molar-refractivity contribution in [3.8, 4) is 34.3 Å². The number of hydrogen-bond acceptors (Lipinski definition) is 10. The quantitative estimate of drug-likeness (QED) is 0.0823. The normalized spacial score (nSPS) is 10.9. The Kier molecular flexibility index (Phi) is 12.1. The van der Waals surface area contributed by atoms with Crippen molar-refractivity contribution in [2.75, 3.05) is 44.8 Å². The molecule has 11 nitrogen and oxygen atoms in total. The molecule has 3 N–H and O–H groups in total. The monoisotopic (exact) mass is 710 g/mol. The fourth-order valence-electron chi connectivity index (χ4n) is 4.68. The number of ether oxygens (including phenoxy) is 4. The van der Waals surface area contributed by atoms with Gasteiger partial charge in [0.05, 0.1) is 39.9 Å². The minimum Gasteiger partial charge on any atom is -0.493 e. The number of rotatable bonds is 14. The fourth-order valence-corrected chi connectivity index (χ4v) is 6.17. The van der Waals surface area contributed by atoms with Gasteiger partial charge < -0.3 is 34.9 Å². The van der Waals surface area contributed by atoms with E-state index in [9.17, 15) is 14.4 Å². The summed E-state index contributed by atoms with van der Waals surface area (Å²) in [6.45, 7) is 0. The highest BCUT2D eigenvalue weighted by Crippen LogP contribution is 2.34. The third-order valence-electron chi connectivity index (χ3n) is 7.14. The molecule has 5 rings (SSSR count). The number of thioether (sulfide) groups is 1. The molecule has 0 bridgehead atoms. The van der Waals surface area contributed by atoms with Crippen molar-refractivity contribution in [3.05, 3.63) is 113 Å². The van der Waals surface area contributed by atoms with E-state index >= 15 is 0 Å². The van der Waals surface area contributed by atoms with E-state index < -0.39 is 11.8 Å². The van der Waals surface area contributed by atoms with Gasteiger partial charge in [-0.05, 0) is 72.3 Å². The number of thiazole rings is 1. The Bertz CT molecular complexity index is 2010. The van der Waals surface area contributed by atoms with Gasteiger partial charge in [-0.1, -0.05) is 30.3 Å². The van der Waals surface area contributed by atoms with Crippen molar-refractivity contribution >= 4 is 57.7 Å². The van der Waals surface area contributed by atoms with E-state index in [-0.39, 0.29) is 17.4 Å². The van der Waals surface area contributed by atoms with Crippen LogP contribution in [0.25, 0.3) is 17.3 Å². The van der Waals surface area contributed by atoms with Crippen molar-refractivity contribution in [2.45, 2.75) is 4.90 Å². The van der Waals surface area contributed by atoms with Gasteiger partial charge in [-0.25, -0.2) is 4.98 Å². The molecule has 1 aromatic heterocycles. The van der Waals surface area contributed by atoms with Crippen LogP contribution in [0, 0.1) is 0 Å². The lowest BCUT2D eigenvalue weighted by Gasteiger charge is -2.13. The maximum atomic E-state index is 13.6.